The molecule has 0 aliphatic rings. The van der Waals surface area contributed by atoms with Gasteiger partial charge in [0.15, 0.2) is 0 Å². The van der Waals surface area contributed by atoms with Crippen LogP contribution in [0.3, 0.4) is 0 Å². The number of aryl methyl sites for hydroxylation is 1. The van der Waals surface area contributed by atoms with Gasteiger partial charge in [0, 0.05) is 30.3 Å². The molecule has 190 valence electrons. The van der Waals surface area contributed by atoms with Crippen molar-refractivity contribution in [2.75, 3.05) is 12.3 Å². The summed E-state index contributed by atoms with van der Waals surface area (Å²) in [5, 5.41) is 3.65. The molecule has 36 heavy (non-hydrogen) atoms. The molecule has 0 aliphatic carbocycles. The zero-order chi connectivity index (χ0) is 25.8. The first kappa shape index (κ1) is 27.8. The molecule has 0 radical (unpaired) electrons. The highest BCUT2D eigenvalue weighted by atomic mass is 35.5. The van der Waals surface area contributed by atoms with Crippen molar-refractivity contribution in [2.45, 2.75) is 51.4 Å². The van der Waals surface area contributed by atoms with E-state index in [-0.39, 0.29) is 24.1 Å². The Bertz CT molecular complexity index is 1120. The van der Waals surface area contributed by atoms with Gasteiger partial charge in [-0.2, -0.15) is 0 Å². The van der Waals surface area contributed by atoms with E-state index >= 15 is 0 Å². The number of amides is 2. The third-order valence-corrected chi connectivity index (χ3v) is 7.48. The molecule has 0 spiro atoms. The smallest absolute Gasteiger partial charge is 0.243 e. The molecule has 3 aromatic carbocycles. The molecule has 1 N–H and O–H groups in total. The van der Waals surface area contributed by atoms with Gasteiger partial charge in [0.2, 0.25) is 11.8 Å². The van der Waals surface area contributed by atoms with E-state index in [1.54, 1.807) is 16.7 Å². The standard InChI is InChI=1S/C30H35ClN2O2S/c1-3-4-18-32-30(35)28(19-24-13-6-5-7-14-24)33(20-25-15-10-11-17-27(25)31)29(34)22-36-21-26-16-9-8-12-23(26)2/h5-17,28H,3-4,18-22H2,1-2H3,(H,32,35)/t28-/m1/s1. The molecule has 0 saturated heterocycles. The summed E-state index contributed by atoms with van der Waals surface area (Å²) in [4.78, 5) is 28.8. The second kappa shape index (κ2) is 14.7. The van der Waals surface area contributed by atoms with Crippen LogP contribution >= 0.6 is 23.4 Å². The van der Waals surface area contributed by atoms with Crippen LogP contribution in [0.5, 0.6) is 0 Å². The van der Waals surface area contributed by atoms with Gasteiger partial charge in [-0.15, -0.1) is 11.8 Å². The number of nitrogens with zero attached hydrogens (tertiary/aromatic N) is 1. The van der Waals surface area contributed by atoms with Crippen molar-refractivity contribution in [3.63, 3.8) is 0 Å². The average molecular weight is 523 g/mol. The van der Waals surface area contributed by atoms with E-state index in [0.29, 0.717) is 18.0 Å². The molecule has 6 heteroatoms. The van der Waals surface area contributed by atoms with Crippen molar-refractivity contribution in [3.8, 4) is 0 Å². The summed E-state index contributed by atoms with van der Waals surface area (Å²) in [5.74, 6) is 0.827. The van der Waals surface area contributed by atoms with Gasteiger partial charge in [0.1, 0.15) is 6.04 Å². The predicted molar refractivity (Wildman–Crippen MR) is 151 cm³/mol. The van der Waals surface area contributed by atoms with Crippen LogP contribution < -0.4 is 5.32 Å². The van der Waals surface area contributed by atoms with Crippen molar-refractivity contribution in [1.82, 2.24) is 10.2 Å². The van der Waals surface area contributed by atoms with Crippen LogP contribution in [0.2, 0.25) is 5.02 Å². The highest BCUT2D eigenvalue weighted by Gasteiger charge is 2.30. The Morgan fingerprint density at radius 1 is 0.944 bits per heavy atom. The van der Waals surface area contributed by atoms with Crippen LogP contribution in [-0.4, -0.2) is 35.1 Å². The Morgan fingerprint density at radius 2 is 1.61 bits per heavy atom. The zero-order valence-corrected chi connectivity index (χ0v) is 22.7. The molecular formula is C30H35ClN2O2S. The fourth-order valence-electron chi connectivity index (χ4n) is 3.97. The van der Waals surface area contributed by atoms with E-state index in [4.69, 9.17) is 11.6 Å². The summed E-state index contributed by atoms with van der Waals surface area (Å²) in [6.45, 7) is 5.05. The van der Waals surface area contributed by atoms with Gasteiger partial charge in [0.25, 0.3) is 0 Å². The van der Waals surface area contributed by atoms with E-state index in [1.807, 2.05) is 66.7 Å². The number of benzene rings is 3. The van der Waals surface area contributed by atoms with Crippen molar-refractivity contribution < 1.29 is 9.59 Å². The summed E-state index contributed by atoms with van der Waals surface area (Å²) in [6.07, 6.45) is 2.33. The number of carbonyl (C=O) groups excluding carboxylic acids is 2. The lowest BCUT2D eigenvalue weighted by atomic mass is 10.0. The first-order valence-corrected chi connectivity index (χ1v) is 14.0. The van der Waals surface area contributed by atoms with Crippen molar-refractivity contribution >= 4 is 35.2 Å². The van der Waals surface area contributed by atoms with Gasteiger partial charge in [0.05, 0.1) is 5.75 Å². The van der Waals surface area contributed by atoms with Crippen molar-refractivity contribution in [3.05, 3.63) is 106 Å². The van der Waals surface area contributed by atoms with Crippen LogP contribution in [0, 0.1) is 6.92 Å². The number of halogens is 1. The Labute approximate surface area is 224 Å². The van der Waals surface area contributed by atoms with Gasteiger partial charge < -0.3 is 10.2 Å². The number of rotatable bonds is 13. The third-order valence-electron chi connectivity index (χ3n) is 6.14. The normalized spacial score (nSPS) is 11.6. The van der Waals surface area contributed by atoms with E-state index in [2.05, 4.69) is 31.3 Å². The molecule has 3 rings (SSSR count). The number of nitrogens with one attached hydrogen (secondary N) is 1. The first-order chi connectivity index (χ1) is 17.5. The highest BCUT2D eigenvalue weighted by Crippen LogP contribution is 2.22. The fraction of sp³-hybridized carbons (Fsp3) is 0.333. The van der Waals surface area contributed by atoms with Gasteiger partial charge in [-0.05, 0) is 41.7 Å². The molecule has 0 saturated carbocycles. The number of hydrogen-bond donors (Lipinski definition) is 1. The Morgan fingerprint density at radius 3 is 2.31 bits per heavy atom. The fourth-order valence-corrected chi connectivity index (χ4v) is 5.16. The summed E-state index contributed by atoms with van der Waals surface area (Å²) in [6, 6.07) is 25.0. The minimum Gasteiger partial charge on any atom is -0.354 e. The van der Waals surface area contributed by atoms with E-state index in [0.717, 1.165) is 29.7 Å². The lowest BCUT2D eigenvalue weighted by molar-refractivity contribution is -0.139. The molecule has 0 unspecified atom stereocenters. The predicted octanol–water partition coefficient (Wildman–Crippen LogP) is 6.44. The van der Waals surface area contributed by atoms with Crippen LogP contribution in [0.1, 0.15) is 42.0 Å². The summed E-state index contributed by atoms with van der Waals surface area (Å²) in [5.41, 5.74) is 4.27. The van der Waals surface area contributed by atoms with Gasteiger partial charge in [-0.1, -0.05) is 97.7 Å². The first-order valence-electron chi connectivity index (χ1n) is 12.5. The van der Waals surface area contributed by atoms with E-state index in [1.165, 1.54) is 11.1 Å². The molecule has 0 aliphatic heterocycles. The molecule has 4 nitrogen and oxygen atoms in total. The van der Waals surface area contributed by atoms with Crippen molar-refractivity contribution in [1.29, 1.82) is 0 Å². The maximum atomic E-state index is 13.7. The van der Waals surface area contributed by atoms with Crippen LogP contribution in [0.15, 0.2) is 78.9 Å². The topological polar surface area (TPSA) is 49.4 Å². The summed E-state index contributed by atoms with van der Waals surface area (Å²) >= 11 is 8.05. The van der Waals surface area contributed by atoms with Crippen LogP contribution in [-0.2, 0) is 28.3 Å². The Hall–Kier alpha value is -2.76. The number of unbranched alkanes of at least 4 members (excludes halogenated alkanes) is 1. The van der Waals surface area contributed by atoms with Gasteiger partial charge >= 0.3 is 0 Å². The summed E-state index contributed by atoms with van der Waals surface area (Å²) < 4.78 is 0. The molecule has 0 bridgehead atoms. The highest BCUT2D eigenvalue weighted by molar-refractivity contribution is 7.99. The summed E-state index contributed by atoms with van der Waals surface area (Å²) in [7, 11) is 0. The second-order valence-corrected chi connectivity index (χ2v) is 10.3. The molecule has 0 fully saturated rings. The van der Waals surface area contributed by atoms with Gasteiger partial charge in [-0.25, -0.2) is 0 Å². The monoisotopic (exact) mass is 522 g/mol. The number of thioether (sulfide) groups is 1. The van der Waals surface area contributed by atoms with Gasteiger partial charge in [-0.3, -0.25) is 9.59 Å². The van der Waals surface area contributed by atoms with E-state index < -0.39 is 6.04 Å². The molecule has 1 atom stereocenters. The molecule has 2 amide bonds. The minimum atomic E-state index is -0.632. The lowest BCUT2D eigenvalue weighted by Gasteiger charge is -2.32. The number of hydrogen-bond acceptors (Lipinski definition) is 3. The largest absolute Gasteiger partial charge is 0.354 e. The lowest BCUT2D eigenvalue weighted by Crippen LogP contribution is -2.51. The zero-order valence-electron chi connectivity index (χ0n) is 21.1. The minimum absolute atomic E-state index is 0.0694. The quantitative estimate of drug-likeness (QED) is 0.263. The van der Waals surface area contributed by atoms with E-state index in [9.17, 15) is 9.59 Å². The molecule has 0 heterocycles. The maximum absolute atomic E-state index is 13.7. The van der Waals surface area contributed by atoms with Crippen molar-refractivity contribution in [2.24, 2.45) is 0 Å². The molecule has 0 aromatic heterocycles. The Balaban J connectivity index is 1.85. The second-order valence-electron chi connectivity index (χ2n) is 8.88. The molecule has 3 aromatic rings. The maximum Gasteiger partial charge on any atom is 0.243 e. The van der Waals surface area contributed by atoms with Crippen LogP contribution in [0.25, 0.3) is 0 Å². The third kappa shape index (κ3) is 8.42. The average Bonchev–Trinajstić information content (AvgIpc) is 2.89. The number of carbonyl (C=O) groups is 2. The molecular weight excluding hydrogens is 488 g/mol. The SMILES string of the molecule is CCCCNC(=O)[C@@H](Cc1ccccc1)N(Cc1ccccc1Cl)C(=O)CSCc1ccccc1C. The Kier molecular flexibility index (Phi) is 11.4. The van der Waals surface area contributed by atoms with Crippen LogP contribution in [0.4, 0.5) is 0 Å².